The van der Waals surface area contributed by atoms with Gasteiger partial charge in [0.1, 0.15) is 0 Å². The first kappa shape index (κ1) is 14.1. The fourth-order valence-corrected chi connectivity index (χ4v) is 3.67. The maximum Gasteiger partial charge on any atom is 0.0707 e. The van der Waals surface area contributed by atoms with Gasteiger partial charge in [0.05, 0.1) is 12.2 Å². The average Bonchev–Trinajstić information content (AvgIpc) is 3.00. The minimum atomic E-state index is 0.398. The van der Waals surface area contributed by atoms with E-state index in [9.17, 15) is 0 Å². The topological polar surface area (TPSA) is 21.3 Å². The van der Waals surface area contributed by atoms with Crippen molar-refractivity contribution in [2.75, 3.05) is 13.1 Å². The molecule has 1 aliphatic heterocycles. The van der Waals surface area contributed by atoms with Gasteiger partial charge < -0.3 is 10.1 Å². The average molecular weight is 273 g/mol. The van der Waals surface area contributed by atoms with Gasteiger partial charge in [-0.25, -0.2) is 0 Å². The van der Waals surface area contributed by atoms with E-state index >= 15 is 0 Å². The maximum atomic E-state index is 6.31. The summed E-state index contributed by atoms with van der Waals surface area (Å²) in [4.78, 5) is 0. The quantitative estimate of drug-likeness (QED) is 0.885. The summed E-state index contributed by atoms with van der Waals surface area (Å²) >= 11 is 0. The van der Waals surface area contributed by atoms with Crippen molar-refractivity contribution in [2.24, 2.45) is 5.92 Å². The van der Waals surface area contributed by atoms with Crippen LogP contribution >= 0.6 is 0 Å². The molecule has 1 saturated carbocycles. The SMILES string of the molecule is c1ccc(CCC2CNCC(CC3CCCC3)O2)cc1. The molecular formula is C18H27NO. The van der Waals surface area contributed by atoms with Crippen LogP contribution in [0.2, 0.25) is 0 Å². The summed E-state index contributed by atoms with van der Waals surface area (Å²) in [5.74, 6) is 0.926. The number of aryl methyl sites for hydroxylation is 1. The lowest BCUT2D eigenvalue weighted by atomic mass is 9.98. The zero-order valence-corrected chi connectivity index (χ0v) is 12.4. The minimum Gasteiger partial charge on any atom is -0.372 e. The van der Waals surface area contributed by atoms with Crippen LogP contribution in [0.3, 0.4) is 0 Å². The molecule has 0 spiro atoms. The third-order valence-electron chi connectivity index (χ3n) is 4.80. The highest BCUT2D eigenvalue weighted by Crippen LogP contribution is 2.30. The molecule has 110 valence electrons. The second-order valence-corrected chi connectivity index (χ2v) is 6.45. The summed E-state index contributed by atoms with van der Waals surface area (Å²) in [5, 5.41) is 3.57. The van der Waals surface area contributed by atoms with Gasteiger partial charge in [-0.1, -0.05) is 56.0 Å². The number of ether oxygens (including phenoxy) is 1. The summed E-state index contributed by atoms with van der Waals surface area (Å²) in [5.41, 5.74) is 1.43. The van der Waals surface area contributed by atoms with Gasteiger partial charge in [-0.3, -0.25) is 0 Å². The summed E-state index contributed by atoms with van der Waals surface area (Å²) in [6.07, 6.45) is 10.1. The molecule has 2 heteroatoms. The van der Waals surface area contributed by atoms with Crippen LogP contribution in [0.4, 0.5) is 0 Å². The van der Waals surface area contributed by atoms with Crippen molar-refractivity contribution < 1.29 is 4.74 Å². The van der Waals surface area contributed by atoms with Crippen LogP contribution in [-0.4, -0.2) is 25.3 Å². The van der Waals surface area contributed by atoms with Crippen LogP contribution in [0, 0.1) is 5.92 Å². The molecule has 1 heterocycles. The molecule has 2 atom stereocenters. The number of rotatable bonds is 5. The molecule has 0 aromatic heterocycles. The minimum absolute atomic E-state index is 0.398. The van der Waals surface area contributed by atoms with Crippen molar-refractivity contribution in [1.29, 1.82) is 0 Å². The van der Waals surface area contributed by atoms with E-state index in [1.54, 1.807) is 0 Å². The van der Waals surface area contributed by atoms with Crippen molar-refractivity contribution in [3.05, 3.63) is 35.9 Å². The van der Waals surface area contributed by atoms with E-state index in [4.69, 9.17) is 4.74 Å². The lowest BCUT2D eigenvalue weighted by molar-refractivity contribution is -0.0500. The summed E-state index contributed by atoms with van der Waals surface area (Å²) < 4.78 is 6.31. The van der Waals surface area contributed by atoms with Gasteiger partial charge in [-0.05, 0) is 30.7 Å². The molecule has 20 heavy (non-hydrogen) atoms. The third-order valence-corrected chi connectivity index (χ3v) is 4.80. The number of morpholine rings is 1. The van der Waals surface area contributed by atoms with Gasteiger partial charge in [-0.2, -0.15) is 0 Å². The predicted molar refractivity (Wildman–Crippen MR) is 82.9 cm³/mol. The first-order valence-corrected chi connectivity index (χ1v) is 8.30. The fraction of sp³-hybridized carbons (Fsp3) is 0.667. The normalized spacial score (nSPS) is 27.8. The zero-order chi connectivity index (χ0) is 13.6. The molecule has 2 aliphatic rings. The maximum absolute atomic E-state index is 6.31. The second-order valence-electron chi connectivity index (χ2n) is 6.45. The Labute approximate surface area is 122 Å². The second kappa shape index (κ2) is 7.24. The Morgan fingerprint density at radius 2 is 1.75 bits per heavy atom. The van der Waals surface area contributed by atoms with Crippen molar-refractivity contribution >= 4 is 0 Å². The molecule has 2 unspecified atom stereocenters. The van der Waals surface area contributed by atoms with Crippen molar-refractivity contribution in [2.45, 2.75) is 57.2 Å². The van der Waals surface area contributed by atoms with Gasteiger partial charge in [0.2, 0.25) is 0 Å². The van der Waals surface area contributed by atoms with Gasteiger partial charge in [0, 0.05) is 13.1 Å². The van der Waals surface area contributed by atoms with E-state index in [0.29, 0.717) is 12.2 Å². The number of benzene rings is 1. The Bertz CT molecular complexity index is 386. The lowest BCUT2D eigenvalue weighted by Crippen LogP contribution is -2.45. The molecular weight excluding hydrogens is 246 g/mol. The molecule has 1 aromatic carbocycles. The standard InChI is InChI=1S/C18H27NO/c1-2-6-15(7-3-1)10-11-17-13-19-14-18(20-17)12-16-8-4-5-9-16/h1-3,6-7,16-19H,4-5,8-14H2. The third kappa shape index (κ3) is 4.07. The van der Waals surface area contributed by atoms with Gasteiger partial charge >= 0.3 is 0 Å². The zero-order valence-electron chi connectivity index (χ0n) is 12.4. The molecule has 1 saturated heterocycles. The van der Waals surface area contributed by atoms with E-state index in [-0.39, 0.29) is 0 Å². The van der Waals surface area contributed by atoms with E-state index < -0.39 is 0 Å². The van der Waals surface area contributed by atoms with E-state index in [1.165, 1.54) is 37.7 Å². The van der Waals surface area contributed by atoms with Crippen LogP contribution in [-0.2, 0) is 11.2 Å². The molecule has 0 bridgehead atoms. The van der Waals surface area contributed by atoms with Gasteiger partial charge in [0.25, 0.3) is 0 Å². The molecule has 0 radical (unpaired) electrons. The Kier molecular flexibility index (Phi) is 5.10. The van der Waals surface area contributed by atoms with E-state index in [0.717, 1.165) is 31.8 Å². The highest BCUT2D eigenvalue weighted by molar-refractivity contribution is 5.14. The Hall–Kier alpha value is -0.860. The molecule has 1 N–H and O–H groups in total. The smallest absolute Gasteiger partial charge is 0.0707 e. The molecule has 0 amide bonds. The summed E-state index contributed by atoms with van der Waals surface area (Å²) in [6, 6.07) is 10.8. The molecule has 1 aliphatic carbocycles. The van der Waals surface area contributed by atoms with Gasteiger partial charge in [0.15, 0.2) is 0 Å². The predicted octanol–water partition coefficient (Wildman–Crippen LogP) is 3.56. The molecule has 2 fully saturated rings. The van der Waals surface area contributed by atoms with E-state index in [1.807, 2.05) is 0 Å². The Morgan fingerprint density at radius 3 is 2.55 bits per heavy atom. The number of nitrogens with one attached hydrogen (secondary N) is 1. The Morgan fingerprint density at radius 1 is 1.00 bits per heavy atom. The molecule has 1 aromatic rings. The van der Waals surface area contributed by atoms with Crippen LogP contribution < -0.4 is 5.32 Å². The van der Waals surface area contributed by atoms with Crippen LogP contribution in [0.5, 0.6) is 0 Å². The van der Waals surface area contributed by atoms with Crippen molar-refractivity contribution in [1.82, 2.24) is 5.32 Å². The van der Waals surface area contributed by atoms with Crippen LogP contribution in [0.15, 0.2) is 30.3 Å². The highest BCUT2D eigenvalue weighted by Gasteiger charge is 2.26. The first-order chi connectivity index (χ1) is 9.90. The molecule has 2 nitrogen and oxygen atoms in total. The monoisotopic (exact) mass is 273 g/mol. The number of hydrogen-bond donors (Lipinski definition) is 1. The Balaban J connectivity index is 1.43. The lowest BCUT2D eigenvalue weighted by Gasteiger charge is -2.32. The molecule has 3 rings (SSSR count). The van der Waals surface area contributed by atoms with Crippen LogP contribution in [0.25, 0.3) is 0 Å². The van der Waals surface area contributed by atoms with Crippen LogP contribution in [0.1, 0.15) is 44.1 Å². The van der Waals surface area contributed by atoms with Crippen molar-refractivity contribution in [3.63, 3.8) is 0 Å². The summed E-state index contributed by atoms with van der Waals surface area (Å²) in [6.45, 7) is 2.08. The first-order valence-electron chi connectivity index (χ1n) is 8.30. The van der Waals surface area contributed by atoms with Crippen molar-refractivity contribution in [3.8, 4) is 0 Å². The largest absolute Gasteiger partial charge is 0.372 e. The summed E-state index contributed by atoms with van der Waals surface area (Å²) in [7, 11) is 0. The fourth-order valence-electron chi connectivity index (χ4n) is 3.67. The number of hydrogen-bond acceptors (Lipinski definition) is 2. The van der Waals surface area contributed by atoms with Gasteiger partial charge in [-0.15, -0.1) is 0 Å². The highest BCUT2D eigenvalue weighted by atomic mass is 16.5. The van der Waals surface area contributed by atoms with E-state index in [2.05, 4.69) is 35.6 Å².